The molecule has 0 spiro atoms. The molecule has 0 amide bonds. The van der Waals surface area contributed by atoms with Gasteiger partial charge < -0.3 is 10.4 Å². The average Bonchev–Trinajstić information content (AvgIpc) is 2.40. The Morgan fingerprint density at radius 2 is 1.61 bits per heavy atom. The molecule has 0 saturated carbocycles. The van der Waals surface area contributed by atoms with E-state index < -0.39 is 0 Å². The van der Waals surface area contributed by atoms with Crippen molar-refractivity contribution in [3.63, 3.8) is 0 Å². The van der Waals surface area contributed by atoms with Crippen LogP contribution < -0.4 is 5.32 Å². The number of aliphatic hydroxyl groups excluding tert-OH is 1. The Hall–Kier alpha value is -1.80. The van der Waals surface area contributed by atoms with Gasteiger partial charge >= 0.3 is 0 Å². The minimum absolute atomic E-state index is 0.0971. The van der Waals surface area contributed by atoms with Crippen LogP contribution >= 0.6 is 0 Å². The van der Waals surface area contributed by atoms with Gasteiger partial charge in [0.25, 0.3) is 0 Å². The smallest absolute Gasteiger partial charge is 0.0681 e. The molecular formula is C16H19NO. The zero-order valence-electron chi connectivity index (χ0n) is 10.6. The van der Waals surface area contributed by atoms with E-state index in [0.29, 0.717) is 6.04 Å². The van der Waals surface area contributed by atoms with Crippen LogP contribution in [0.3, 0.4) is 0 Å². The van der Waals surface area contributed by atoms with E-state index in [1.807, 2.05) is 30.3 Å². The highest BCUT2D eigenvalue weighted by molar-refractivity contribution is 5.45. The Morgan fingerprint density at radius 1 is 0.944 bits per heavy atom. The Balaban J connectivity index is 1.92. The standard InChI is InChI=1S/C16H19NO/c1-13(11-14-5-3-2-4-6-14)17-16-9-7-15(12-18)8-10-16/h2-10,13,17-18H,11-12H2,1H3. The molecule has 0 heterocycles. The first-order valence-electron chi connectivity index (χ1n) is 6.28. The van der Waals surface area contributed by atoms with Crippen molar-refractivity contribution in [3.8, 4) is 0 Å². The van der Waals surface area contributed by atoms with Gasteiger partial charge in [0, 0.05) is 11.7 Å². The number of hydrogen-bond donors (Lipinski definition) is 2. The van der Waals surface area contributed by atoms with Crippen molar-refractivity contribution in [1.29, 1.82) is 0 Å². The van der Waals surface area contributed by atoms with Gasteiger partial charge in [-0.05, 0) is 36.6 Å². The SMILES string of the molecule is CC(Cc1ccccc1)Nc1ccc(CO)cc1. The zero-order chi connectivity index (χ0) is 12.8. The third-order valence-electron chi connectivity index (χ3n) is 2.93. The van der Waals surface area contributed by atoms with Crippen LogP contribution in [0.1, 0.15) is 18.1 Å². The summed E-state index contributed by atoms with van der Waals surface area (Å²) in [4.78, 5) is 0. The molecule has 2 rings (SSSR count). The van der Waals surface area contributed by atoms with Crippen molar-refractivity contribution < 1.29 is 5.11 Å². The Bertz CT molecular complexity index is 464. The molecule has 2 N–H and O–H groups in total. The van der Waals surface area contributed by atoms with Crippen molar-refractivity contribution in [2.24, 2.45) is 0 Å². The van der Waals surface area contributed by atoms with Gasteiger partial charge in [-0.1, -0.05) is 42.5 Å². The van der Waals surface area contributed by atoms with E-state index >= 15 is 0 Å². The lowest BCUT2D eigenvalue weighted by Crippen LogP contribution is -2.17. The fraction of sp³-hybridized carbons (Fsp3) is 0.250. The van der Waals surface area contributed by atoms with Crippen LogP contribution in [0.4, 0.5) is 5.69 Å². The second-order valence-corrected chi connectivity index (χ2v) is 4.59. The quantitative estimate of drug-likeness (QED) is 0.842. The van der Waals surface area contributed by atoms with Crippen LogP contribution in [0.5, 0.6) is 0 Å². The van der Waals surface area contributed by atoms with Gasteiger partial charge in [0.1, 0.15) is 0 Å². The molecule has 2 aromatic carbocycles. The first-order valence-corrected chi connectivity index (χ1v) is 6.28. The third kappa shape index (κ3) is 3.60. The van der Waals surface area contributed by atoms with Crippen LogP contribution in [0.15, 0.2) is 54.6 Å². The number of aliphatic hydroxyl groups is 1. The topological polar surface area (TPSA) is 32.3 Å². The largest absolute Gasteiger partial charge is 0.392 e. The first-order chi connectivity index (χ1) is 8.78. The van der Waals surface area contributed by atoms with Crippen LogP contribution in [-0.2, 0) is 13.0 Å². The number of nitrogens with one attached hydrogen (secondary N) is 1. The highest BCUT2D eigenvalue weighted by atomic mass is 16.3. The molecule has 0 aliphatic heterocycles. The van der Waals surface area contributed by atoms with Gasteiger partial charge in [0.15, 0.2) is 0 Å². The minimum Gasteiger partial charge on any atom is -0.392 e. The number of rotatable bonds is 5. The normalized spacial score (nSPS) is 12.1. The van der Waals surface area contributed by atoms with Crippen molar-refractivity contribution in [2.45, 2.75) is 26.0 Å². The van der Waals surface area contributed by atoms with E-state index in [1.54, 1.807) is 0 Å². The molecule has 0 bridgehead atoms. The Kier molecular flexibility index (Phi) is 4.37. The molecular weight excluding hydrogens is 222 g/mol. The molecule has 2 nitrogen and oxygen atoms in total. The molecule has 0 saturated heterocycles. The summed E-state index contributed by atoms with van der Waals surface area (Å²) in [6, 6.07) is 18.7. The maximum Gasteiger partial charge on any atom is 0.0681 e. The molecule has 18 heavy (non-hydrogen) atoms. The van der Waals surface area contributed by atoms with E-state index in [2.05, 4.69) is 36.5 Å². The van der Waals surface area contributed by atoms with Gasteiger partial charge in [-0.2, -0.15) is 0 Å². The molecule has 0 radical (unpaired) electrons. The molecule has 1 unspecified atom stereocenters. The van der Waals surface area contributed by atoms with Crippen LogP contribution in [0.2, 0.25) is 0 Å². The average molecular weight is 241 g/mol. The van der Waals surface area contributed by atoms with Crippen LogP contribution in [-0.4, -0.2) is 11.1 Å². The summed E-state index contributed by atoms with van der Waals surface area (Å²) in [5, 5.41) is 12.4. The number of anilines is 1. The molecule has 0 aliphatic carbocycles. The van der Waals surface area contributed by atoms with E-state index in [9.17, 15) is 0 Å². The molecule has 0 aromatic heterocycles. The molecule has 94 valence electrons. The van der Waals surface area contributed by atoms with Gasteiger partial charge in [-0.15, -0.1) is 0 Å². The third-order valence-corrected chi connectivity index (χ3v) is 2.93. The van der Waals surface area contributed by atoms with Crippen molar-refractivity contribution in [2.75, 3.05) is 5.32 Å². The van der Waals surface area contributed by atoms with E-state index in [0.717, 1.165) is 17.7 Å². The Morgan fingerprint density at radius 3 is 2.22 bits per heavy atom. The predicted octanol–water partition coefficient (Wildman–Crippen LogP) is 3.22. The van der Waals surface area contributed by atoms with Gasteiger partial charge in [0.2, 0.25) is 0 Å². The molecule has 0 fully saturated rings. The van der Waals surface area contributed by atoms with E-state index in [-0.39, 0.29) is 6.61 Å². The van der Waals surface area contributed by atoms with Crippen LogP contribution in [0, 0.1) is 0 Å². The fourth-order valence-corrected chi connectivity index (χ4v) is 2.01. The summed E-state index contributed by atoms with van der Waals surface area (Å²) in [6.07, 6.45) is 1.00. The number of hydrogen-bond acceptors (Lipinski definition) is 2. The Labute approximate surface area is 108 Å². The van der Waals surface area contributed by atoms with Crippen molar-refractivity contribution in [1.82, 2.24) is 0 Å². The second kappa shape index (κ2) is 6.22. The lowest BCUT2D eigenvalue weighted by molar-refractivity contribution is 0.282. The van der Waals surface area contributed by atoms with E-state index in [1.165, 1.54) is 5.56 Å². The molecule has 2 aromatic rings. The fourth-order valence-electron chi connectivity index (χ4n) is 2.01. The van der Waals surface area contributed by atoms with Gasteiger partial charge in [0.05, 0.1) is 6.61 Å². The summed E-state index contributed by atoms with van der Waals surface area (Å²) in [5.74, 6) is 0. The molecule has 2 heteroatoms. The highest BCUT2D eigenvalue weighted by Crippen LogP contribution is 2.12. The van der Waals surface area contributed by atoms with Crippen molar-refractivity contribution in [3.05, 3.63) is 65.7 Å². The lowest BCUT2D eigenvalue weighted by Gasteiger charge is -2.15. The summed E-state index contributed by atoms with van der Waals surface area (Å²) >= 11 is 0. The van der Waals surface area contributed by atoms with E-state index in [4.69, 9.17) is 5.11 Å². The maximum absolute atomic E-state index is 8.98. The number of benzene rings is 2. The summed E-state index contributed by atoms with van der Waals surface area (Å²) in [7, 11) is 0. The van der Waals surface area contributed by atoms with Crippen LogP contribution in [0.25, 0.3) is 0 Å². The minimum atomic E-state index is 0.0971. The summed E-state index contributed by atoms with van der Waals surface area (Å²) in [5.41, 5.74) is 3.37. The summed E-state index contributed by atoms with van der Waals surface area (Å²) in [6.45, 7) is 2.27. The summed E-state index contributed by atoms with van der Waals surface area (Å²) < 4.78 is 0. The predicted molar refractivity (Wildman–Crippen MR) is 75.6 cm³/mol. The lowest BCUT2D eigenvalue weighted by atomic mass is 10.1. The maximum atomic E-state index is 8.98. The molecule has 0 aliphatic rings. The first kappa shape index (κ1) is 12.7. The van der Waals surface area contributed by atoms with Crippen molar-refractivity contribution >= 4 is 5.69 Å². The molecule has 1 atom stereocenters. The van der Waals surface area contributed by atoms with Gasteiger partial charge in [-0.25, -0.2) is 0 Å². The highest BCUT2D eigenvalue weighted by Gasteiger charge is 2.03. The van der Waals surface area contributed by atoms with Gasteiger partial charge in [-0.3, -0.25) is 0 Å². The zero-order valence-corrected chi connectivity index (χ0v) is 10.6. The monoisotopic (exact) mass is 241 g/mol. The second-order valence-electron chi connectivity index (χ2n) is 4.59.